The van der Waals surface area contributed by atoms with Crippen LogP contribution in [0.25, 0.3) is 0 Å². The molecule has 5 nitrogen and oxygen atoms in total. The highest BCUT2D eigenvalue weighted by molar-refractivity contribution is 5.78. The predicted molar refractivity (Wildman–Crippen MR) is 93.3 cm³/mol. The van der Waals surface area contributed by atoms with Crippen LogP contribution in [-0.2, 0) is 16.0 Å². The summed E-state index contributed by atoms with van der Waals surface area (Å²) in [4.78, 5) is 12.3. The molecule has 0 spiro atoms. The maximum Gasteiger partial charge on any atom is 0.223 e. The van der Waals surface area contributed by atoms with E-state index in [9.17, 15) is 9.90 Å². The molecule has 0 aliphatic heterocycles. The van der Waals surface area contributed by atoms with Crippen molar-refractivity contribution >= 4 is 5.91 Å². The van der Waals surface area contributed by atoms with E-state index in [1.54, 1.807) is 14.2 Å². The number of carbonyl (C=O) groups excluding carboxylic acids is 1. The summed E-state index contributed by atoms with van der Waals surface area (Å²) in [5.41, 5.74) is 4.26. The Morgan fingerprint density at radius 1 is 1.42 bits per heavy atom. The predicted octanol–water partition coefficient (Wildman–Crippen LogP) is 2.31. The molecule has 0 saturated heterocycles. The van der Waals surface area contributed by atoms with Gasteiger partial charge < -0.3 is 19.9 Å². The van der Waals surface area contributed by atoms with Crippen LogP contribution < -0.4 is 10.1 Å². The minimum absolute atomic E-state index is 0.0307. The summed E-state index contributed by atoms with van der Waals surface area (Å²) in [5, 5.41) is 13.9. The van der Waals surface area contributed by atoms with Gasteiger partial charge in [-0.1, -0.05) is 6.92 Å². The molecule has 1 aliphatic rings. The molecule has 1 aromatic carbocycles. The van der Waals surface area contributed by atoms with Crippen LogP contribution in [0, 0.1) is 25.7 Å². The number of hydrogen-bond acceptors (Lipinski definition) is 4. The standard InChI is InChI=1S/C19H29NO4/c1-11-10-16(24-5)13(3)17-14(11)6-7-15(18(17)21)12(2)19(22)20-8-9-23-4/h10,12,15,18,21H,6-9H2,1-5H3,(H,20,22)/t12-,15?,18+/m0/s1. The van der Waals surface area contributed by atoms with Gasteiger partial charge in [0.15, 0.2) is 0 Å². The van der Waals surface area contributed by atoms with E-state index in [0.29, 0.717) is 13.2 Å². The summed E-state index contributed by atoms with van der Waals surface area (Å²) in [6.07, 6.45) is 1.04. The number of aliphatic hydroxyl groups is 1. The van der Waals surface area contributed by atoms with Gasteiger partial charge >= 0.3 is 0 Å². The van der Waals surface area contributed by atoms with Gasteiger partial charge in [-0.05, 0) is 55.0 Å². The summed E-state index contributed by atoms with van der Waals surface area (Å²) < 4.78 is 10.4. The molecule has 134 valence electrons. The summed E-state index contributed by atoms with van der Waals surface area (Å²) in [7, 11) is 3.25. The Bertz CT molecular complexity index is 600. The smallest absolute Gasteiger partial charge is 0.223 e. The highest BCUT2D eigenvalue weighted by atomic mass is 16.5. The van der Waals surface area contributed by atoms with E-state index in [0.717, 1.165) is 35.3 Å². The quantitative estimate of drug-likeness (QED) is 0.783. The summed E-state index contributed by atoms with van der Waals surface area (Å²) in [5.74, 6) is 0.418. The van der Waals surface area contributed by atoms with Crippen LogP contribution in [0.3, 0.4) is 0 Å². The molecule has 0 aromatic heterocycles. The first-order chi connectivity index (χ1) is 11.4. The molecule has 0 radical (unpaired) electrons. The van der Waals surface area contributed by atoms with E-state index in [-0.39, 0.29) is 17.7 Å². The van der Waals surface area contributed by atoms with Gasteiger partial charge in [-0.15, -0.1) is 0 Å². The third-order valence-electron chi connectivity index (χ3n) is 5.23. The number of hydrogen-bond donors (Lipinski definition) is 2. The van der Waals surface area contributed by atoms with Crippen LogP contribution in [-0.4, -0.2) is 38.4 Å². The van der Waals surface area contributed by atoms with Crippen LogP contribution in [0.2, 0.25) is 0 Å². The third kappa shape index (κ3) is 3.57. The zero-order chi connectivity index (χ0) is 17.9. The van der Waals surface area contributed by atoms with E-state index in [1.807, 2.05) is 19.9 Å². The number of aryl methyl sites for hydroxylation is 1. The monoisotopic (exact) mass is 335 g/mol. The molecule has 0 fully saturated rings. The lowest BCUT2D eigenvalue weighted by Crippen LogP contribution is -2.38. The van der Waals surface area contributed by atoms with Crippen molar-refractivity contribution in [1.82, 2.24) is 5.32 Å². The normalized spacial score (nSPS) is 21.1. The van der Waals surface area contributed by atoms with Gasteiger partial charge in [-0.2, -0.15) is 0 Å². The third-order valence-corrected chi connectivity index (χ3v) is 5.23. The molecule has 1 unspecified atom stereocenters. The number of ether oxygens (including phenoxy) is 2. The number of fused-ring (bicyclic) bond motifs is 1. The number of methoxy groups -OCH3 is 2. The van der Waals surface area contributed by atoms with Gasteiger partial charge in [-0.3, -0.25) is 4.79 Å². The Morgan fingerprint density at radius 2 is 2.12 bits per heavy atom. The van der Waals surface area contributed by atoms with Crippen LogP contribution in [0.5, 0.6) is 5.75 Å². The Balaban J connectivity index is 2.24. The molecule has 0 bridgehead atoms. The van der Waals surface area contributed by atoms with Gasteiger partial charge in [0.1, 0.15) is 5.75 Å². The van der Waals surface area contributed by atoms with Gasteiger partial charge in [0.25, 0.3) is 0 Å². The fourth-order valence-corrected chi connectivity index (χ4v) is 3.75. The van der Waals surface area contributed by atoms with Gasteiger partial charge in [0.2, 0.25) is 5.91 Å². The number of rotatable bonds is 6. The van der Waals surface area contributed by atoms with Crippen molar-refractivity contribution in [2.75, 3.05) is 27.4 Å². The Hall–Kier alpha value is -1.59. The zero-order valence-corrected chi connectivity index (χ0v) is 15.3. The molecule has 1 aliphatic carbocycles. The molecular weight excluding hydrogens is 306 g/mol. The number of nitrogens with one attached hydrogen (secondary N) is 1. The summed E-state index contributed by atoms with van der Waals surface area (Å²) in [6, 6.07) is 2.03. The van der Waals surface area contributed by atoms with Crippen LogP contribution >= 0.6 is 0 Å². The highest BCUT2D eigenvalue weighted by Gasteiger charge is 2.37. The van der Waals surface area contributed by atoms with E-state index in [1.165, 1.54) is 5.56 Å². The zero-order valence-electron chi connectivity index (χ0n) is 15.3. The molecule has 2 rings (SSSR count). The molecular formula is C19H29NO4. The Labute approximate surface area is 144 Å². The number of carbonyl (C=O) groups is 1. The van der Waals surface area contributed by atoms with Crippen LogP contribution in [0.1, 0.15) is 41.7 Å². The molecule has 5 heteroatoms. The highest BCUT2D eigenvalue weighted by Crippen LogP contribution is 2.43. The van der Waals surface area contributed by atoms with Crippen LogP contribution in [0.4, 0.5) is 0 Å². The lowest BCUT2D eigenvalue weighted by molar-refractivity contribution is -0.128. The van der Waals surface area contributed by atoms with Crippen molar-refractivity contribution < 1.29 is 19.4 Å². The molecule has 0 heterocycles. The second kappa shape index (κ2) is 7.99. The molecule has 2 N–H and O–H groups in total. The first-order valence-corrected chi connectivity index (χ1v) is 8.54. The maximum atomic E-state index is 12.3. The molecule has 24 heavy (non-hydrogen) atoms. The summed E-state index contributed by atoms with van der Waals surface area (Å²) in [6.45, 7) is 6.90. The molecule has 1 aromatic rings. The minimum atomic E-state index is -0.647. The Morgan fingerprint density at radius 3 is 2.75 bits per heavy atom. The second-order valence-corrected chi connectivity index (χ2v) is 6.63. The van der Waals surface area contributed by atoms with Crippen molar-refractivity contribution in [3.05, 3.63) is 28.3 Å². The van der Waals surface area contributed by atoms with Gasteiger partial charge in [0, 0.05) is 25.5 Å². The maximum absolute atomic E-state index is 12.3. The van der Waals surface area contributed by atoms with E-state index < -0.39 is 6.10 Å². The van der Waals surface area contributed by atoms with Crippen molar-refractivity contribution in [3.8, 4) is 5.75 Å². The van der Waals surface area contributed by atoms with E-state index >= 15 is 0 Å². The average Bonchev–Trinajstić information content (AvgIpc) is 2.57. The molecule has 0 saturated carbocycles. The average molecular weight is 335 g/mol. The van der Waals surface area contributed by atoms with Crippen molar-refractivity contribution in [2.45, 2.75) is 39.7 Å². The fourth-order valence-electron chi connectivity index (χ4n) is 3.75. The number of amides is 1. The SMILES string of the molecule is COCCNC(=O)[C@@H](C)C1CCc2c(C)cc(OC)c(C)c2[C@@H]1O. The van der Waals surface area contributed by atoms with Crippen molar-refractivity contribution in [2.24, 2.45) is 11.8 Å². The van der Waals surface area contributed by atoms with Crippen molar-refractivity contribution in [1.29, 1.82) is 0 Å². The van der Waals surface area contributed by atoms with Gasteiger partial charge in [-0.25, -0.2) is 0 Å². The second-order valence-electron chi connectivity index (χ2n) is 6.63. The largest absolute Gasteiger partial charge is 0.496 e. The minimum Gasteiger partial charge on any atom is -0.496 e. The topological polar surface area (TPSA) is 67.8 Å². The van der Waals surface area contributed by atoms with Crippen LogP contribution in [0.15, 0.2) is 6.07 Å². The lowest BCUT2D eigenvalue weighted by atomic mass is 9.72. The Kier molecular flexibility index (Phi) is 6.24. The molecule has 3 atom stereocenters. The first-order valence-electron chi connectivity index (χ1n) is 8.54. The summed E-state index contributed by atoms with van der Waals surface area (Å²) >= 11 is 0. The first kappa shape index (κ1) is 18.7. The number of aliphatic hydroxyl groups excluding tert-OH is 1. The van der Waals surface area contributed by atoms with Gasteiger partial charge in [0.05, 0.1) is 19.8 Å². The lowest BCUT2D eigenvalue weighted by Gasteiger charge is -2.35. The fraction of sp³-hybridized carbons (Fsp3) is 0.632. The van der Waals surface area contributed by atoms with Crippen molar-refractivity contribution in [3.63, 3.8) is 0 Å². The van der Waals surface area contributed by atoms with E-state index in [4.69, 9.17) is 9.47 Å². The molecule has 1 amide bonds. The number of benzene rings is 1. The van der Waals surface area contributed by atoms with E-state index in [2.05, 4.69) is 12.2 Å².